The van der Waals surface area contributed by atoms with E-state index in [-0.39, 0.29) is 0 Å². The second-order valence-corrected chi connectivity index (χ2v) is 6.25. The predicted octanol–water partition coefficient (Wildman–Crippen LogP) is -5.85. The van der Waals surface area contributed by atoms with E-state index in [4.69, 9.17) is 20.9 Å². The fraction of sp³-hybridized carbons (Fsp3) is 1.00. The van der Waals surface area contributed by atoms with Crippen LogP contribution in [0.5, 0.6) is 0 Å². The summed E-state index contributed by atoms with van der Waals surface area (Å²) >= 11 is 0. The van der Waals surface area contributed by atoms with Gasteiger partial charge in [-0.2, -0.15) is 0 Å². The van der Waals surface area contributed by atoms with Gasteiger partial charge in [0, 0.05) is 0 Å². The van der Waals surface area contributed by atoms with Gasteiger partial charge < -0.3 is 56.9 Å². The Labute approximate surface area is 138 Å². The summed E-state index contributed by atoms with van der Waals surface area (Å²) in [6, 6.07) is -3.22. The van der Waals surface area contributed by atoms with Crippen molar-refractivity contribution in [2.45, 2.75) is 67.1 Å². The predicted molar refractivity (Wildman–Crippen MR) is 79.5 cm³/mol. The van der Waals surface area contributed by atoms with Gasteiger partial charge in [0.1, 0.15) is 24.4 Å². The van der Waals surface area contributed by atoms with Crippen molar-refractivity contribution >= 4 is 0 Å². The van der Waals surface area contributed by atoms with E-state index in [9.17, 15) is 30.6 Å². The molecule has 2 aliphatic rings. The minimum Gasteiger partial charge on any atom is -0.394 e. The first-order valence-electron chi connectivity index (χ1n) is 7.75. The highest BCUT2D eigenvalue weighted by atomic mass is 16.7. The molecule has 11 nitrogen and oxygen atoms in total. The topological polar surface area (TPSA) is 204 Å². The molecule has 142 valence electrons. The van der Waals surface area contributed by atoms with Crippen LogP contribution in [-0.2, 0) is 9.47 Å². The highest BCUT2D eigenvalue weighted by molar-refractivity contribution is 5.05. The molecular weight excluding hydrogens is 326 g/mol. The molecule has 0 bridgehead atoms. The molecule has 1 saturated heterocycles. The summed E-state index contributed by atoms with van der Waals surface area (Å²) < 4.78 is 10.9. The molecule has 0 amide bonds. The summed E-state index contributed by atoms with van der Waals surface area (Å²) in [5.41, 5.74) is 11.6. The summed E-state index contributed by atoms with van der Waals surface area (Å²) in [6.07, 6.45) is -10.4. The Bertz CT molecular complexity index is 417. The van der Waals surface area contributed by atoms with Crippen molar-refractivity contribution in [1.29, 1.82) is 0 Å². The highest BCUT2D eigenvalue weighted by Crippen LogP contribution is 2.27. The maximum atomic E-state index is 10.3. The van der Waals surface area contributed by atoms with Gasteiger partial charge in [0.25, 0.3) is 0 Å². The number of rotatable bonds is 4. The molecule has 0 spiro atoms. The van der Waals surface area contributed by atoms with Crippen molar-refractivity contribution in [3.05, 3.63) is 0 Å². The van der Waals surface area contributed by atoms with Gasteiger partial charge in [-0.15, -0.1) is 0 Å². The monoisotopic (exact) mass is 353 g/mol. The van der Waals surface area contributed by atoms with Crippen LogP contribution in [0.1, 0.15) is 0 Å². The Morgan fingerprint density at radius 3 is 2.04 bits per heavy atom. The van der Waals surface area contributed by atoms with Crippen molar-refractivity contribution in [3.63, 3.8) is 0 Å². The van der Waals surface area contributed by atoms with Crippen LogP contribution in [0.4, 0.5) is 0 Å². The largest absolute Gasteiger partial charge is 0.394 e. The number of aliphatic hydroxyl groups is 6. The lowest BCUT2D eigenvalue weighted by atomic mass is 9.81. The van der Waals surface area contributed by atoms with Crippen LogP contribution in [0.15, 0.2) is 0 Å². The van der Waals surface area contributed by atoms with E-state index in [0.717, 1.165) is 0 Å². The van der Waals surface area contributed by atoms with Crippen molar-refractivity contribution in [2.24, 2.45) is 11.5 Å². The summed E-state index contributed by atoms with van der Waals surface area (Å²) in [5, 5.41) is 61.9. The third-order valence-electron chi connectivity index (χ3n) is 4.75. The van der Waals surface area contributed by atoms with Crippen molar-refractivity contribution in [1.82, 2.24) is 5.32 Å². The number of likely N-dealkylation sites (N-methyl/N-ethyl adjacent to an activating group) is 1. The van der Waals surface area contributed by atoms with Crippen molar-refractivity contribution in [2.75, 3.05) is 13.7 Å². The zero-order valence-electron chi connectivity index (χ0n) is 13.2. The van der Waals surface area contributed by atoms with Gasteiger partial charge in [-0.3, -0.25) is 0 Å². The second kappa shape index (κ2) is 7.85. The van der Waals surface area contributed by atoms with Crippen LogP contribution in [0.25, 0.3) is 0 Å². The Hall–Kier alpha value is -0.440. The Kier molecular flexibility index (Phi) is 6.50. The van der Waals surface area contributed by atoms with Gasteiger partial charge in [0.05, 0.1) is 43.0 Å². The molecule has 0 aromatic rings. The van der Waals surface area contributed by atoms with Crippen LogP contribution in [0, 0.1) is 0 Å². The fourth-order valence-corrected chi connectivity index (χ4v) is 3.16. The van der Waals surface area contributed by atoms with Gasteiger partial charge >= 0.3 is 0 Å². The average molecular weight is 353 g/mol. The molecular formula is C13H27N3O8. The molecule has 1 aliphatic heterocycles. The molecule has 11 heteroatoms. The van der Waals surface area contributed by atoms with Crippen molar-refractivity contribution in [3.8, 4) is 0 Å². The Morgan fingerprint density at radius 2 is 1.50 bits per heavy atom. The lowest BCUT2D eigenvalue weighted by Gasteiger charge is -2.47. The van der Waals surface area contributed by atoms with E-state index in [1.807, 2.05) is 0 Å². The van der Waals surface area contributed by atoms with Crippen LogP contribution in [0.3, 0.4) is 0 Å². The zero-order valence-corrected chi connectivity index (χ0v) is 13.2. The van der Waals surface area contributed by atoms with E-state index in [0.29, 0.717) is 0 Å². The lowest BCUT2D eigenvalue weighted by molar-refractivity contribution is -0.297. The SMILES string of the molecule is CNC1C(O)C(O)C(N)C(OC2OC(CO)C(O)C(O)C2N)C1O. The molecule has 1 saturated carbocycles. The number of nitrogens with one attached hydrogen (secondary N) is 1. The summed E-state index contributed by atoms with van der Waals surface area (Å²) in [5.74, 6) is 0. The highest BCUT2D eigenvalue weighted by Gasteiger charge is 2.51. The van der Waals surface area contributed by atoms with Crippen LogP contribution < -0.4 is 16.8 Å². The molecule has 11 N–H and O–H groups in total. The van der Waals surface area contributed by atoms with Gasteiger partial charge in [-0.05, 0) is 7.05 Å². The number of nitrogens with two attached hydrogens (primary N) is 2. The Morgan fingerprint density at radius 1 is 0.917 bits per heavy atom. The quantitative estimate of drug-likeness (QED) is 0.233. The first kappa shape index (κ1) is 19.9. The normalized spacial score (nSPS) is 53.1. The molecule has 11 atom stereocenters. The van der Waals surface area contributed by atoms with Crippen LogP contribution in [0.2, 0.25) is 0 Å². The molecule has 1 heterocycles. The third-order valence-corrected chi connectivity index (χ3v) is 4.75. The van der Waals surface area contributed by atoms with E-state index in [2.05, 4.69) is 5.32 Å². The Balaban J connectivity index is 2.15. The minimum absolute atomic E-state index is 0.579. The molecule has 2 fully saturated rings. The average Bonchev–Trinajstić information content (AvgIpc) is 2.57. The molecule has 0 aromatic carbocycles. The number of aliphatic hydroxyl groups excluding tert-OH is 6. The van der Waals surface area contributed by atoms with Crippen LogP contribution >= 0.6 is 0 Å². The van der Waals surface area contributed by atoms with E-state index >= 15 is 0 Å². The van der Waals surface area contributed by atoms with Gasteiger partial charge in [0.15, 0.2) is 6.29 Å². The van der Waals surface area contributed by atoms with E-state index < -0.39 is 73.8 Å². The maximum absolute atomic E-state index is 10.3. The third kappa shape index (κ3) is 3.43. The second-order valence-electron chi connectivity index (χ2n) is 6.25. The van der Waals surface area contributed by atoms with Crippen LogP contribution in [-0.4, -0.2) is 111 Å². The first-order chi connectivity index (χ1) is 11.2. The summed E-state index contributed by atoms with van der Waals surface area (Å²) in [4.78, 5) is 0. The molecule has 0 radical (unpaired) electrons. The van der Waals surface area contributed by atoms with E-state index in [1.54, 1.807) is 0 Å². The van der Waals surface area contributed by atoms with Gasteiger partial charge in [-0.25, -0.2) is 0 Å². The number of hydrogen-bond donors (Lipinski definition) is 9. The minimum atomic E-state index is -1.42. The zero-order chi connectivity index (χ0) is 18.2. The smallest absolute Gasteiger partial charge is 0.176 e. The standard InChI is InChI=1S/C13H27N3O8/c1-16-6-10(21)8(19)4(14)12(11(6)22)24-13-5(15)9(20)7(18)3(2-17)23-13/h3-13,16-22H,2,14-15H2,1H3. The number of ether oxygens (including phenoxy) is 2. The molecule has 1 aliphatic carbocycles. The van der Waals surface area contributed by atoms with Gasteiger partial charge in [-0.1, -0.05) is 0 Å². The maximum Gasteiger partial charge on any atom is 0.176 e. The first-order valence-corrected chi connectivity index (χ1v) is 7.75. The van der Waals surface area contributed by atoms with E-state index in [1.165, 1.54) is 7.05 Å². The molecule has 24 heavy (non-hydrogen) atoms. The summed E-state index contributed by atoms with van der Waals surface area (Å²) in [7, 11) is 1.49. The van der Waals surface area contributed by atoms with Gasteiger partial charge in [0.2, 0.25) is 0 Å². The molecule has 0 aromatic heterocycles. The number of hydrogen-bond acceptors (Lipinski definition) is 11. The lowest BCUT2D eigenvalue weighted by Crippen LogP contribution is -2.72. The van der Waals surface area contributed by atoms with Crippen molar-refractivity contribution < 1.29 is 40.1 Å². The molecule has 11 unspecified atom stereocenters. The molecule has 2 rings (SSSR count). The summed E-state index contributed by atoms with van der Waals surface area (Å²) in [6.45, 7) is -0.579. The fourth-order valence-electron chi connectivity index (χ4n) is 3.16.